The van der Waals surface area contributed by atoms with Crippen molar-refractivity contribution in [3.05, 3.63) is 88.0 Å². The number of aliphatic hydroxyl groups excluding tert-OH is 1. The maximum Gasteiger partial charge on any atom is 0.304 e. The van der Waals surface area contributed by atoms with Crippen LogP contribution in [0, 0.1) is 16.0 Å². The van der Waals surface area contributed by atoms with Gasteiger partial charge in [-0.1, -0.05) is 49.5 Å². The van der Waals surface area contributed by atoms with Gasteiger partial charge in [-0.3, -0.25) is 34.2 Å². The van der Waals surface area contributed by atoms with Crippen molar-refractivity contribution in [3.63, 3.8) is 0 Å². The third-order valence-electron chi connectivity index (χ3n) is 12.1. The fourth-order valence-corrected chi connectivity index (χ4v) is 13.4. The molecule has 3 fully saturated rings. The molecule has 55 heavy (non-hydrogen) atoms. The summed E-state index contributed by atoms with van der Waals surface area (Å²) in [6.07, 6.45) is 0.181. The number of fused-ring (bicyclic) bond motifs is 2. The first-order chi connectivity index (χ1) is 26.2. The Hall–Kier alpha value is -5.12. The fourth-order valence-electron chi connectivity index (χ4n) is 9.34. The first kappa shape index (κ1) is 38.2. The zero-order valence-corrected chi connectivity index (χ0v) is 32.6. The third kappa shape index (κ3) is 6.47. The van der Waals surface area contributed by atoms with Crippen molar-refractivity contribution in [2.45, 2.75) is 88.7 Å². The number of nitro groups is 1. The van der Waals surface area contributed by atoms with Gasteiger partial charge in [0.15, 0.2) is 11.8 Å². The molecule has 6 atom stereocenters. The maximum absolute atomic E-state index is 15.2. The van der Waals surface area contributed by atoms with Crippen LogP contribution in [0.25, 0.3) is 0 Å². The summed E-state index contributed by atoms with van der Waals surface area (Å²) in [6.45, 7) is 8.13. The quantitative estimate of drug-likeness (QED) is 0.0972. The number of hydrogen-bond acceptors (Lipinski definition) is 10. The fraction of sp³-hybridized carbons (Fsp3) is 0.450. The van der Waals surface area contributed by atoms with Crippen molar-refractivity contribution in [1.82, 2.24) is 4.90 Å². The second-order valence-electron chi connectivity index (χ2n) is 15.5. The summed E-state index contributed by atoms with van der Waals surface area (Å²) in [5, 5.41) is 23.3. The summed E-state index contributed by atoms with van der Waals surface area (Å²) >= 11 is 0. The zero-order chi connectivity index (χ0) is 39.4. The van der Waals surface area contributed by atoms with Crippen LogP contribution in [-0.2, 0) is 40.8 Å². The Labute approximate surface area is 320 Å². The number of methoxy groups -OCH3 is 1. The van der Waals surface area contributed by atoms with Crippen LogP contribution in [0.1, 0.15) is 50.7 Å². The topological polar surface area (TPSA) is 169 Å². The number of carbonyl (C=O) groups excluding carboxylic acids is 4. The van der Waals surface area contributed by atoms with Gasteiger partial charge in [0.25, 0.3) is 11.6 Å². The Morgan fingerprint density at radius 3 is 2.40 bits per heavy atom. The van der Waals surface area contributed by atoms with E-state index in [0.29, 0.717) is 35.7 Å². The first-order valence-electron chi connectivity index (χ1n) is 18.6. The summed E-state index contributed by atoms with van der Waals surface area (Å²) in [5.41, 5.74) is 0.0443. The zero-order valence-electron chi connectivity index (χ0n) is 31.6. The van der Waals surface area contributed by atoms with Gasteiger partial charge in [-0.2, -0.15) is 0 Å². The number of nitro benzene ring substituents is 1. The van der Waals surface area contributed by atoms with Crippen LogP contribution < -0.4 is 19.7 Å². The predicted molar refractivity (Wildman–Crippen MR) is 204 cm³/mol. The van der Waals surface area contributed by atoms with E-state index in [-0.39, 0.29) is 61.0 Å². The summed E-state index contributed by atoms with van der Waals surface area (Å²) in [7, 11) is -1.02. The minimum absolute atomic E-state index is 0.0115. The average molecular weight is 771 g/mol. The van der Waals surface area contributed by atoms with Gasteiger partial charge in [-0.25, -0.2) is 0 Å². The van der Waals surface area contributed by atoms with Crippen molar-refractivity contribution in [2.24, 2.45) is 5.92 Å². The lowest BCUT2D eigenvalue weighted by Gasteiger charge is -2.39. The molecule has 0 bridgehead atoms. The minimum Gasteiger partial charge on any atom is -0.497 e. The lowest BCUT2D eigenvalue weighted by Crippen LogP contribution is -2.54. The normalized spacial score (nSPS) is 26.0. The van der Waals surface area contributed by atoms with E-state index >= 15 is 4.79 Å². The highest BCUT2D eigenvalue weighted by Gasteiger charge is 2.67. The molecule has 4 aliphatic heterocycles. The Balaban J connectivity index is 1.27. The molecule has 3 amide bonds. The molecule has 1 unspecified atom stereocenters. The lowest BCUT2D eigenvalue weighted by molar-refractivity contribution is -0.385. The molecule has 14 nitrogen and oxygen atoms in total. The number of benzene rings is 3. The van der Waals surface area contributed by atoms with Crippen LogP contribution in [0.5, 0.6) is 5.75 Å². The van der Waals surface area contributed by atoms with E-state index in [1.165, 1.54) is 24.0 Å². The number of carbonyl (C=O) groups is 4. The Bertz CT molecular complexity index is 2020. The number of rotatable bonds is 11. The van der Waals surface area contributed by atoms with E-state index in [2.05, 4.69) is 13.1 Å². The molecule has 7 rings (SSSR count). The second-order valence-corrected chi connectivity index (χ2v) is 20.2. The number of non-ortho nitro benzene ring substituents is 1. The van der Waals surface area contributed by atoms with Crippen molar-refractivity contribution in [3.8, 4) is 5.75 Å². The van der Waals surface area contributed by atoms with Crippen molar-refractivity contribution in [2.75, 3.05) is 30.1 Å². The number of β-lactam (4-membered cyclic amide) rings is 1. The molecular weight excluding hydrogens is 725 g/mol. The number of nitrogens with zero attached hydrogens (tertiary/aromatic N) is 4. The number of anilines is 2. The molecule has 4 heterocycles. The second kappa shape index (κ2) is 14.5. The molecule has 290 valence electrons. The first-order valence-corrected chi connectivity index (χ1v) is 21.7. The number of hydrogen-bond donors (Lipinski definition) is 1. The third-order valence-corrected chi connectivity index (χ3v) is 16.4. The molecule has 3 saturated heterocycles. The highest BCUT2D eigenvalue weighted by Crippen LogP contribution is 2.60. The summed E-state index contributed by atoms with van der Waals surface area (Å²) in [5.74, 6) is -1.00. The summed E-state index contributed by atoms with van der Waals surface area (Å²) < 4.78 is 17.7. The monoisotopic (exact) mass is 770 g/mol. The maximum atomic E-state index is 15.2. The van der Waals surface area contributed by atoms with Crippen molar-refractivity contribution < 1.29 is 43.4 Å². The number of likely N-dealkylation sites (tertiary alicyclic amines) is 1. The van der Waals surface area contributed by atoms with Crippen molar-refractivity contribution >= 4 is 54.0 Å². The molecule has 4 aliphatic rings. The van der Waals surface area contributed by atoms with Crippen LogP contribution in [-0.4, -0.2) is 85.3 Å². The van der Waals surface area contributed by atoms with Gasteiger partial charge < -0.3 is 29.1 Å². The number of ether oxygens (including phenoxy) is 3. The van der Waals surface area contributed by atoms with Crippen LogP contribution in [0.2, 0.25) is 18.6 Å². The summed E-state index contributed by atoms with van der Waals surface area (Å²) in [4.78, 5) is 69.6. The predicted octanol–water partition coefficient (Wildman–Crippen LogP) is 4.37. The van der Waals surface area contributed by atoms with Gasteiger partial charge in [-0.05, 0) is 54.3 Å². The van der Waals surface area contributed by atoms with Crippen LogP contribution in [0.15, 0.2) is 66.7 Å². The van der Waals surface area contributed by atoms with Gasteiger partial charge in [0, 0.05) is 42.8 Å². The van der Waals surface area contributed by atoms with E-state index in [1.807, 2.05) is 31.2 Å². The van der Waals surface area contributed by atoms with Crippen LogP contribution in [0.3, 0.4) is 0 Å². The van der Waals surface area contributed by atoms with E-state index in [0.717, 1.165) is 17.2 Å². The minimum atomic E-state index is -2.62. The molecular formula is C40H46N4O10Si. The lowest BCUT2D eigenvalue weighted by atomic mass is 9.82. The highest BCUT2D eigenvalue weighted by molar-refractivity contribution is 6.91. The van der Waals surface area contributed by atoms with E-state index in [9.17, 15) is 29.6 Å². The molecule has 0 aliphatic carbocycles. The van der Waals surface area contributed by atoms with E-state index in [1.54, 1.807) is 47.2 Å². The largest absolute Gasteiger partial charge is 0.497 e. The van der Waals surface area contributed by atoms with E-state index in [4.69, 9.17) is 14.2 Å². The van der Waals surface area contributed by atoms with Crippen LogP contribution in [0.4, 0.5) is 17.1 Å². The molecule has 0 radical (unpaired) electrons. The van der Waals surface area contributed by atoms with Gasteiger partial charge >= 0.3 is 5.97 Å². The standard InChI is InChI=1S/C40H46N4O10Si/c1-24-38(55(4,5)31-15-13-30(52-3)14-16-31)34(20-35(47)41-18-6-7-29(41)23-45)54-40(24)32-19-28(44(50)51)12-17-33(32)42(39(40)49)22-26-8-10-27(11-9-26)43-36(48)21-37(43)53-25(2)46/h8-17,19,24,29,34,37-38,45H,6-7,18,20-23H2,1-5H3/t24-,29+,34+,37?,38-,40+/m1/s1. The van der Waals surface area contributed by atoms with Crippen molar-refractivity contribution in [1.29, 1.82) is 0 Å². The number of esters is 1. The number of amides is 3. The molecule has 3 aromatic carbocycles. The highest BCUT2D eigenvalue weighted by atomic mass is 28.3. The SMILES string of the molecule is COc1ccc([Si](C)(C)[C@H]2[C@H](CC(=O)N3CCC[C@H]3CO)O[C@@]3(C(=O)N(Cc4ccc(N5C(=O)CC5OC(C)=O)cc4)c4ccc([N+](=O)[O-])cc43)[C@@H]2C)cc1. The van der Waals surface area contributed by atoms with Crippen LogP contribution >= 0.6 is 0 Å². The smallest absolute Gasteiger partial charge is 0.304 e. The molecule has 0 aromatic heterocycles. The Kier molecular flexibility index (Phi) is 10.1. The number of aliphatic hydroxyl groups is 1. The van der Waals surface area contributed by atoms with Gasteiger partial charge in [-0.15, -0.1) is 0 Å². The molecule has 1 spiro atoms. The summed E-state index contributed by atoms with van der Waals surface area (Å²) in [6, 6.07) is 19.0. The average Bonchev–Trinajstić information content (AvgIpc) is 3.82. The van der Waals surface area contributed by atoms with Gasteiger partial charge in [0.05, 0.1) is 63.9 Å². The molecule has 1 N–H and O–H groups in total. The Morgan fingerprint density at radius 2 is 1.78 bits per heavy atom. The molecule has 3 aromatic rings. The molecule has 15 heteroatoms. The van der Waals surface area contributed by atoms with Gasteiger partial charge in [0.2, 0.25) is 11.8 Å². The molecule has 0 saturated carbocycles. The van der Waals surface area contributed by atoms with E-state index < -0.39 is 42.8 Å². The van der Waals surface area contributed by atoms with Gasteiger partial charge in [0.1, 0.15) is 5.75 Å². The Morgan fingerprint density at radius 1 is 1.07 bits per heavy atom.